The van der Waals surface area contributed by atoms with Gasteiger partial charge in [0.2, 0.25) is 0 Å². The number of phosphoric acid groups is 1. The first-order chi connectivity index (χ1) is 50.0. The summed E-state index contributed by atoms with van der Waals surface area (Å²) in [7, 11) is 1.16. The molecule has 0 aliphatic carbocycles. The van der Waals surface area contributed by atoms with Crippen LogP contribution in [-0.4, -0.2) is 70.0 Å². The van der Waals surface area contributed by atoms with Gasteiger partial charge in [-0.05, 0) is 89.9 Å². The molecule has 0 heterocycles. The molecular weight excluding hydrogens is 1280 g/mol. The Balaban J connectivity index is 3.96. The molecule has 0 saturated carbocycles. The smallest absolute Gasteiger partial charge is 0.306 e. The van der Waals surface area contributed by atoms with Crippen molar-refractivity contribution in [2.45, 2.75) is 405 Å². The zero-order chi connectivity index (χ0) is 74.0. The topological polar surface area (TPSA) is 111 Å². The Kier molecular flexibility index (Phi) is 78.6. The Morgan fingerprint density at radius 3 is 0.833 bits per heavy atom. The number of rotatable bonds is 80. The van der Waals surface area contributed by atoms with Crippen molar-refractivity contribution in [3.63, 3.8) is 0 Å². The summed E-state index contributed by atoms with van der Waals surface area (Å²) in [5.74, 6) is -0.842. The molecule has 0 radical (unpaired) electrons. The van der Waals surface area contributed by atoms with Crippen LogP contribution in [0.15, 0.2) is 122 Å². The molecule has 2 atom stereocenters. The second-order valence-electron chi connectivity index (χ2n) is 30.2. The van der Waals surface area contributed by atoms with Crippen molar-refractivity contribution in [1.29, 1.82) is 0 Å². The quantitative estimate of drug-likeness (QED) is 0.0195. The summed E-state index contributed by atoms with van der Waals surface area (Å²) in [6, 6.07) is 0. The number of carbonyl (C=O) groups excluding carboxylic acids is 2. The lowest BCUT2D eigenvalue weighted by molar-refractivity contribution is -0.870. The number of ether oxygens (including phenoxy) is 2. The molecule has 0 aliphatic heterocycles. The minimum Gasteiger partial charge on any atom is -0.756 e. The van der Waals surface area contributed by atoms with Gasteiger partial charge >= 0.3 is 11.9 Å². The lowest BCUT2D eigenvalue weighted by atomic mass is 10.0. The van der Waals surface area contributed by atoms with Gasteiger partial charge in [0.1, 0.15) is 19.8 Å². The Bertz CT molecular complexity index is 2140. The van der Waals surface area contributed by atoms with E-state index in [2.05, 4.69) is 135 Å². The maximum absolute atomic E-state index is 12.9. The minimum atomic E-state index is -4.66. The highest BCUT2D eigenvalue weighted by Crippen LogP contribution is 2.38. The van der Waals surface area contributed by atoms with Crippen molar-refractivity contribution >= 4 is 19.8 Å². The SMILES string of the molecule is CC/C=C\C/C=C\C/C=C\C/C=C\C/C=C\C/C=C\C/C=C\C/C=C\C/C=C\C/C=C\CCCCCCCCC(=O)OC(COC(=O)CCCCCCCCCCCCCCCCCCCCCCCCCCCCCCCCCCCCCCCCCCC)COP(=O)([O-])OCC[N+](C)(C)C. The van der Waals surface area contributed by atoms with Crippen LogP contribution in [0.1, 0.15) is 399 Å². The Hall–Kier alpha value is -3.59. The third kappa shape index (κ3) is 85.3. The molecule has 0 fully saturated rings. The molecule has 0 aliphatic rings. The molecule has 0 aromatic heterocycles. The van der Waals surface area contributed by atoms with E-state index in [4.69, 9.17) is 18.5 Å². The van der Waals surface area contributed by atoms with Gasteiger partial charge in [0, 0.05) is 12.8 Å². The number of unbranched alkanes of at least 4 members (excludes halogenated alkanes) is 46. The van der Waals surface area contributed by atoms with Crippen LogP contribution in [0.3, 0.4) is 0 Å². The van der Waals surface area contributed by atoms with Crippen LogP contribution in [0.25, 0.3) is 0 Å². The van der Waals surface area contributed by atoms with Crippen LogP contribution < -0.4 is 4.89 Å². The number of allylic oxidation sites excluding steroid dienone is 20. The third-order valence-corrected chi connectivity index (χ3v) is 20.0. The summed E-state index contributed by atoms with van der Waals surface area (Å²) >= 11 is 0. The lowest BCUT2D eigenvalue weighted by Gasteiger charge is -2.28. The van der Waals surface area contributed by atoms with E-state index in [1.165, 1.54) is 244 Å². The molecule has 102 heavy (non-hydrogen) atoms. The molecule has 0 aromatic carbocycles. The minimum absolute atomic E-state index is 0.0380. The summed E-state index contributed by atoms with van der Waals surface area (Å²) in [6.45, 7) is 4.15. The number of hydrogen-bond acceptors (Lipinski definition) is 8. The maximum atomic E-state index is 12.9. The molecule has 10 heteroatoms. The van der Waals surface area contributed by atoms with E-state index in [0.717, 1.165) is 122 Å². The van der Waals surface area contributed by atoms with Gasteiger partial charge in [-0.2, -0.15) is 0 Å². The van der Waals surface area contributed by atoms with Crippen LogP contribution in [0, 0.1) is 0 Å². The van der Waals surface area contributed by atoms with E-state index in [-0.39, 0.29) is 32.0 Å². The Morgan fingerprint density at radius 1 is 0.314 bits per heavy atom. The average Bonchev–Trinajstić information content (AvgIpc) is 0.913. The Labute approximate surface area is 632 Å². The normalized spacial score (nSPS) is 13.6. The average molecular weight is 1440 g/mol. The predicted molar refractivity (Wildman–Crippen MR) is 443 cm³/mol. The first-order valence-electron chi connectivity index (χ1n) is 43.2. The standard InChI is InChI=1S/C92H164NO8P/c1-6-8-10-12-14-16-18-20-22-24-26-28-30-32-34-36-38-40-42-44-45-46-47-49-50-52-54-56-58-60-62-64-66-68-70-72-74-76-78-80-82-84-91(94)98-88-90(89-100-102(96,97)99-87-86-93(3,4)5)101-92(95)85-83-81-79-77-75-73-71-69-67-65-63-61-59-57-55-53-51-48-43-41-39-37-35-33-31-29-27-25-23-21-19-17-15-13-11-9-7-2/h9,11,15,17,21,23,27,29,33,35,39,41,48,51,55,57,61,63,67,69,90H,6-8,10,12-14,16,18-20,22,24-26,28,30-32,34,36-38,40,42-47,49-50,52-54,56,58-60,62,64-66,68,70-89H2,1-5H3/b11-9-,17-15-,23-21-,29-27-,35-33-,41-39-,51-48-,57-55-,63-61-,69-67-. The number of phosphoric ester groups is 1. The fourth-order valence-corrected chi connectivity index (χ4v) is 13.2. The van der Waals surface area contributed by atoms with Gasteiger partial charge in [-0.15, -0.1) is 0 Å². The van der Waals surface area contributed by atoms with Gasteiger partial charge in [-0.1, -0.05) is 418 Å². The van der Waals surface area contributed by atoms with E-state index in [0.29, 0.717) is 17.4 Å². The van der Waals surface area contributed by atoms with E-state index in [1.54, 1.807) is 0 Å². The van der Waals surface area contributed by atoms with Crippen molar-refractivity contribution in [1.82, 2.24) is 0 Å². The van der Waals surface area contributed by atoms with Crippen LogP contribution in [0.4, 0.5) is 0 Å². The summed E-state index contributed by atoms with van der Waals surface area (Å²) in [5.41, 5.74) is 0. The monoisotopic (exact) mass is 1440 g/mol. The first-order valence-corrected chi connectivity index (χ1v) is 44.7. The van der Waals surface area contributed by atoms with Crippen LogP contribution in [-0.2, 0) is 32.7 Å². The van der Waals surface area contributed by atoms with Crippen molar-refractivity contribution in [3.05, 3.63) is 122 Å². The second-order valence-corrected chi connectivity index (χ2v) is 31.6. The van der Waals surface area contributed by atoms with Crippen LogP contribution in [0.2, 0.25) is 0 Å². The summed E-state index contributed by atoms with van der Waals surface area (Å²) in [6.07, 6.45) is 118. The van der Waals surface area contributed by atoms with Crippen molar-refractivity contribution in [3.8, 4) is 0 Å². The van der Waals surface area contributed by atoms with Gasteiger partial charge in [0.25, 0.3) is 7.82 Å². The zero-order valence-corrected chi connectivity index (χ0v) is 68.4. The maximum Gasteiger partial charge on any atom is 0.306 e. The van der Waals surface area contributed by atoms with E-state index >= 15 is 0 Å². The highest BCUT2D eigenvalue weighted by atomic mass is 31.2. The highest BCUT2D eigenvalue weighted by molar-refractivity contribution is 7.45. The van der Waals surface area contributed by atoms with Crippen molar-refractivity contribution in [2.75, 3.05) is 47.5 Å². The molecule has 0 rings (SSSR count). The summed E-state index contributed by atoms with van der Waals surface area (Å²) in [4.78, 5) is 38.2. The van der Waals surface area contributed by atoms with Crippen molar-refractivity contribution < 1.29 is 42.1 Å². The lowest BCUT2D eigenvalue weighted by Crippen LogP contribution is -2.37. The molecule has 0 bridgehead atoms. The third-order valence-electron chi connectivity index (χ3n) is 19.0. The number of esters is 2. The molecule has 0 saturated heterocycles. The van der Waals surface area contributed by atoms with Crippen LogP contribution >= 0.6 is 7.82 Å². The van der Waals surface area contributed by atoms with Crippen molar-refractivity contribution in [2.24, 2.45) is 0 Å². The number of nitrogens with zero attached hydrogens (tertiary/aromatic N) is 1. The Morgan fingerprint density at radius 2 is 0.559 bits per heavy atom. The van der Waals surface area contributed by atoms with Gasteiger partial charge in [-0.3, -0.25) is 14.2 Å². The highest BCUT2D eigenvalue weighted by Gasteiger charge is 2.22. The zero-order valence-electron chi connectivity index (χ0n) is 67.5. The van der Waals surface area contributed by atoms with Gasteiger partial charge in [0.05, 0.1) is 27.7 Å². The van der Waals surface area contributed by atoms with Crippen LogP contribution in [0.5, 0.6) is 0 Å². The molecule has 2 unspecified atom stereocenters. The number of quaternary nitrogens is 1. The largest absolute Gasteiger partial charge is 0.756 e. The van der Waals surface area contributed by atoms with Gasteiger partial charge in [-0.25, -0.2) is 0 Å². The first kappa shape index (κ1) is 98.4. The molecule has 0 N–H and O–H groups in total. The van der Waals surface area contributed by atoms with E-state index in [9.17, 15) is 19.0 Å². The number of likely N-dealkylation sites (N-methyl/N-ethyl adjacent to an activating group) is 1. The predicted octanol–water partition coefficient (Wildman–Crippen LogP) is 28.7. The molecule has 0 amide bonds. The van der Waals surface area contributed by atoms with Gasteiger partial charge in [0.15, 0.2) is 6.10 Å². The van der Waals surface area contributed by atoms with Gasteiger partial charge < -0.3 is 27.9 Å². The fraction of sp³-hybridized carbons (Fsp3) is 0.761. The summed E-state index contributed by atoms with van der Waals surface area (Å²) in [5, 5.41) is 0. The molecule has 590 valence electrons. The number of carbonyl (C=O) groups is 2. The molecular formula is C92H164NO8P. The molecule has 0 spiro atoms. The second kappa shape index (κ2) is 81.5. The van der Waals surface area contributed by atoms with E-state index < -0.39 is 26.5 Å². The summed E-state index contributed by atoms with van der Waals surface area (Å²) < 4.78 is 34.4. The molecule has 9 nitrogen and oxygen atoms in total. The number of hydrogen-bond donors (Lipinski definition) is 0. The molecule has 0 aromatic rings. The fourth-order valence-electron chi connectivity index (χ4n) is 12.5. The van der Waals surface area contributed by atoms with E-state index in [1.807, 2.05) is 21.1 Å².